The second kappa shape index (κ2) is 8.16. The Kier molecular flexibility index (Phi) is 4.86. The Morgan fingerprint density at radius 1 is 0.622 bits per heavy atom. The van der Waals surface area contributed by atoms with E-state index in [9.17, 15) is 4.57 Å². The number of rotatable bonds is 3. The number of imidazole rings is 1. The van der Waals surface area contributed by atoms with Crippen LogP contribution in [0.4, 0.5) is 0 Å². The average Bonchev–Trinajstić information content (AvgIpc) is 3.31. The number of hydrogen-bond donors (Lipinski definition) is 0. The molecule has 5 aromatic carbocycles. The van der Waals surface area contributed by atoms with E-state index in [1.807, 2.05) is 31.5 Å². The fourth-order valence-electron chi connectivity index (χ4n) is 5.44. The summed E-state index contributed by atoms with van der Waals surface area (Å²) in [5.41, 5.74) is 8.87. The van der Waals surface area contributed by atoms with Crippen LogP contribution in [0, 0.1) is 0 Å². The van der Waals surface area contributed by atoms with Crippen molar-refractivity contribution in [1.82, 2.24) is 9.38 Å². The standard InChI is InChI=1S/C33H25N2OP/c1-37(2,36)25-9-7-8-22(21-25)26-16-17-27(29-11-4-3-10-28(26)29)23-14-18-31-24(20-23)15-19-33-34-30-12-5-6-13-32(30)35(31)33/h3-21H,1-2H3. The zero-order chi connectivity index (χ0) is 25.1. The molecule has 0 spiro atoms. The van der Waals surface area contributed by atoms with Crippen LogP contribution in [0.25, 0.3) is 60.6 Å². The summed E-state index contributed by atoms with van der Waals surface area (Å²) in [7, 11) is -2.34. The van der Waals surface area contributed by atoms with Gasteiger partial charge in [-0.2, -0.15) is 0 Å². The second-order valence-corrected chi connectivity index (χ2v) is 13.2. The molecule has 0 bridgehead atoms. The van der Waals surface area contributed by atoms with E-state index in [0.29, 0.717) is 0 Å². The molecule has 2 aromatic heterocycles. The van der Waals surface area contributed by atoms with Gasteiger partial charge >= 0.3 is 0 Å². The van der Waals surface area contributed by atoms with E-state index >= 15 is 0 Å². The molecule has 0 radical (unpaired) electrons. The summed E-state index contributed by atoms with van der Waals surface area (Å²) in [4.78, 5) is 4.79. The molecule has 0 unspecified atom stereocenters. The topological polar surface area (TPSA) is 34.4 Å². The lowest BCUT2D eigenvalue weighted by atomic mass is 9.91. The molecule has 0 atom stereocenters. The number of hydrogen-bond acceptors (Lipinski definition) is 2. The van der Waals surface area contributed by atoms with Crippen LogP contribution in [0.15, 0.2) is 115 Å². The van der Waals surface area contributed by atoms with Gasteiger partial charge in [0.05, 0.1) is 16.6 Å². The summed E-state index contributed by atoms with van der Waals surface area (Å²) in [5, 5.41) is 4.48. The van der Waals surface area contributed by atoms with Crippen LogP contribution in [-0.4, -0.2) is 22.7 Å². The lowest BCUT2D eigenvalue weighted by Crippen LogP contribution is -2.02. The van der Waals surface area contributed by atoms with E-state index in [1.165, 1.54) is 27.3 Å². The zero-order valence-electron chi connectivity index (χ0n) is 20.7. The van der Waals surface area contributed by atoms with Gasteiger partial charge in [-0.3, -0.25) is 4.40 Å². The maximum absolute atomic E-state index is 12.7. The highest BCUT2D eigenvalue weighted by Gasteiger charge is 2.15. The molecule has 0 amide bonds. The van der Waals surface area contributed by atoms with Gasteiger partial charge in [0, 0.05) is 5.30 Å². The minimum atomic E-state index is -2.34. The third-order valence-corrected chi connectivity index (χ3v) is 8.80. The summed E-state index contributed by atoms with van der Waals surface area (Å²) < 4.78 is 15.0. The van der Waals surface area contributed by atoms with E-state index in [0.717, 1.165) is 38.6 Å². The first-order valence-electron chi connectivity index (χ1n) is 12.5. The van der Waals surface area contributed by atoms with Crippen LogP contribution in [0.5, 0.6) is 0 Å². The van der Waals surface area contributed by atoms with Gasteiger partial charge in [-0.25, -0.2) is 4.98 Å². The lowest BCUT2D eigenvalue weighted by Gasteiger charge is -2.14. The van der Waals surface area contributed by atoms with Gasteiger partial charge in [0.15, 0.2) is 0 Å². The van der Waals surface area contributed by atoms with Crippen molar-refractivity contribution in [3.63, 3.8) is 0 Å². The number of pyridine rings is 1. The summed E-state index contributed by atoms with van der Waals surface area (Å²) in [5.74, 6) is 0. The van der Waals surface area contributed by atoms with Gasteiger partial charge in [-0.05, 0) is 94.2 Å². The van der Waals surface area contributed by atoms with Crippen molar-refractivity contribution in [1.29, 1.82) is 0 Å². The monoisotopic (exact) mass is 496 g/mol. The van der Waals surface area contributed by atoms with Gasteiger partial charge in [0.1, 0.15) is 12.8 Å². The van der Waals surface area contributed by atoms with Gasteiger partial charge in [-0.15, -0.1) is 0 Å². The van der Waals surface area contributed by atoms with E-state index in [4.69, 9.17) is 4.98 Å². The molecule has 0 aliphatic carbocycles. The average molecular weight is 497 g/mol. The number of benzene rings is 5. The van der Waals surface area contributed by atoms with E-state index < -0.39 is 7.14 Å². The first-order valence-corrected chi connectivity index (χ1v) is 15.1. The van der Waals surface area contributed by atoms with Crippen molar-refractivity contribution in [3.05, 3.63) is 115 Å². The molecule has 0 saturated carbocycles. The smallest absolute Gasteiger partial charge is 0.138 e. The van der Waals surface area contributed by atoms with Crippen LogP contribution in [-0.2, 0) is 4.57 Å². The third-order valence-electron chi connectivity index (χ3n) is 7.28. The Balaban J connectivity index is 1.42. The molecule has 37 heavy (non-hydrogen) atoms. The molecule has 178 valence electrons. The first-order chi connectivity index (χ1) is 18.0. The molecular weight excluding hydrogens is 471 g/mol. The lowest BCUT2D eigenvalue weighted by molar-refractivity contribution is 0.588. The van der Waals surface area contributed by atoms with Crippen LogP contribution in [0.2, 0.25) is 0 Å². The highest BCUT2D eigenvalue weighted by atomic mass is 31.2. The van der Waals surface area contributed by atoms with Gasteiger partial charge in [-0.1, -0.05) is 72.8 Å². The molecule has 0 fully saturated rings. The molecular formula is C33H25N2OP. The van der Waals surface area contributed by atoms with Gasteiger partial charge in [0.2, 0.25) is 0 Å². The largest absolute Gasteiger partial charge is 0.319 e. The molecule has 2 heterocycles. The van der Waals surface area contributed by atoms with Crippen molar-refractivity contribution >= 4 is 50.8 Å². The van der Waals surface area contributed by atoms with Crippen molar-refractivity contribution in [2.75, 3.05) is 13.3 Å². The van der Waals surface area contributed by atoms with E-state index in [-0.39, 0.29) is 0 Å². The molecule has 0 N–H and O–H groups in total. The van der Waals surface area contributed by atoms with Gasteiger partial charge in [0.25, 0.3) is 0 Å². The van der Waals surface area contributed by atoms with Crippen LogP contribution in [0.3, 0.4) is 0 Å². The maximum Gasteiger partial charge on any atom is 0.138 e. The molecule has 3 nitrogen and oxygen atoms in total. The summed E-state index contributed by atoms with van der Waals surface area (Å²) in [6, 6.07) is 40.4. The summed E-state index contributed by atoms with van der Waals surface area (Å²) >= 11 is 0. The van der Waals surface area contributed by atoms with Crippen LogP contribution in [0.1, 0.15) is 0 Å². The van der Waals surface area contributed by atoms with Crippen molar-refractivity contribution in [3.8, 4) is 22.3 Å². The normalized spacial score (nSPS) is 12.2. The van der Waals surface area contributed by atoms with Crippen molar-refractivity contribution < 1.29 is 4.57 Å². The molecule has 7 rings (SSSR count). The molecule has 0 aliphatic heterocycles. The summed E-state index contributed by atoms with van der Waals surface area (Å²) in [6.45, 7) is 3.65. The van der Waals surface area contributed by atoms with Crippen LogP contribution >= 0.6 is 7.14 Å². The number of fused-ring (bicyclic) bond motifs is 6. The fourth-order valence-corrected chi connectivity index (χ4v) is 6.34. The molecule has 7 aromatic rings. The second-order valence-electron chi connectivity index (χ2n) is 10.0. The Hall–Kier alpha value is -4.20. The quantitative estimate of drug-likeness (QED) is 0.230. The molecule has 0 saturated heterocycles. The Labute approximate surface area is 215 Å². The van der Waals surface area contributed by atoms with Crippen LogP contribution < -0.4 is 5.30 Å². The maximum atomic E-state index is 12.7. The highest BCUT2D eigenvalue weighted by molar-refractivity contribution is 7.70. The Bertz CT molecular complexity index is 2050. The Morgan fingerprint density at radius 2 is 1.32 bits per heavy atom. The van der Waals surface area contributed by atoms with Crippen molar-refractivity contribution in [2.24, 2.45) is 0 Å². The number of nitrogens with zero attached hydrogens (tertiary/aromatic N) is 2. The third kappa shape index (κ3) is 3.58. The summed E-state index contributed by atoms with van der Waals surface area (Å²) in [6.07, 6.45) is 0. The van der Waals surface area contributed by atoms with E-state index in [2.05, 4.69) is 101 Å². The van der Waals surface area contributed by atoms with E-state index in [1.54, 1.807) is 0 Å². The zero-order valence-corrected chi connectivity index (χ0v) is 21.6. The number of aromatic nitrogens is 2. The predicted octanol–water partition coefficient (Wildman–Crippen LogP) is 8.38. The molecule has 0 aliphatic rings. The predicted molar refractivity (Wildman–Crippen MR) is 158 cm³/mol. The van der Waals surface area contributed by atoms with Crippen molar-refractivity contribution in [2.45, 2.75) is 0 Å². The fraction of sp³-hybridized carbons (Fsp3) is 0.0606. The minimum absolute atomic E-state index is 0.908. The molecule has 4 heteroatoms. The first kappa shape index (κ1) is 22.0. The highest BCUT2D eigenvalue weighted by Crippen LogP contribution is 2.39. The number of para-hydroxylation sites is 2. The Morgan fingerprint density at radius 3 is 2.08 bits per heavy atom. The minimum Gasteiger partial charge on any atom is -0.319 e. The van der Waals surface area contributed by atoms with Gasteiger partial charge < -0.3 is 4.57 Å². The SMILES string of the molecule is CP(C)(=O)c1cccc(-c2ccc(-c3ccc4c(ccc5nc6ccccc6n54)c3)c3ccccc23)c1.